The van der Waals surface area contributed by atoms with Gasteiger partial charge in [-0.3, -0.25) is 4.98 Å². The molecule has 6 nitrogen and oxygen atoms in total. The van der Waals surface area contributed by atoms with Crippen molar-refractivity contribution in [2.45, 2.75) is 12.8 Å². The Hall–Kier alpha value is -5.45. The van der Waals surface area contributed by atoms with E-state index in [1.54, 1.807) is 0 Å². The van der Waals surface area contributed by atoms with Gasteiger partial charge in [-0.25, -0.2) is 0 Å². The van der Waals surface area contributed by atoms with Crippen LogP contribution in [0, 0.1) is 0 Å². The van der Waals surface area contributed by atoms with Crippen LogP contribution in [0.5, 0.6) is 23.0 Å². The lowest BCUT2D eigenvalue weighted by Gasteiger charge is -2.20. The molecule has 4 aromatic carbocycles. The number of hydrogen-bond acceptors (Lipinski definition) is 4. The van der Waals surface area contributed by atoms with Crippen LogP contribution in [0.25, 0.3) is 22.4 Å². The van der Waals surface area contributed by atoms with E-state index in [4.69, 9.17) is 14.5 Å². The van der Waals surface area contributed by atoms with Gasteiger partial charge in [0.1, 0.15) is 23.0 Å². The van der Waals surface area contributed by atoms with Crippen LogP contribution in [-0.2, 0) is 0 Å². The second kappa shape index (κ2) is 11.8. The third-order valence-corrected chi connectivity index (χ3v) is 7.60. The summed E-state index contributed by atoms with van der Waals surface area (Å²) in [4.78, 5) is 7.16. The highest BCUT2D eigenvalue weighted by Crippen LogP contribution is 2.36. The highest BCUT2D eigenvalue weighted by Gasteiger charge is 2.18. The van der Waals surface area contributed by atoms with Crippen LogP contribution >= 0.6 is 0 Å². The minimum absolute atomic E-state index is 0.749. The molecule has 3 heterocycles. The van der Waals surface area contributed by atoms with Crippen LogP contribution in [-0.4, -0.2) is 40.3 Å². The van der Waals surface area contributed by atoms with E-state index < -0.39 is 0 Å². The van der Waals surface area contributed by atoms with Gasteiger partial charge in [0.05, 0.1) is 11.8 Å². The summed E-state index contributed by atoms with van der Waals surface area (Å²) in [5.41, 5.74) is 6.21. The number of benzene rings is 4. The van der Waals surface area contributed by atoms with E-state index >= 15 is 0 Å². The number of para-hydroxylation sites is 1. The van der Waals surface area contributed by atoms with Gasteiger partial charge in [0.25, 0.3) is 6.20 Å². The zero-order chi connectivity index (χ0) is 29.0. The third-order valence-electron chi connectivity index (χ3n) is 7.60. The molecule has 0 radical (unpaired) electrons. The fourth-order valence-electron chi connectivity index (χ4n) is 5.46. The molecule has 2 aliphatic rings. The maximum Gasteiger partial charge on any atom is 0.495 e. The van der Waals surface area contributed by atoms with Crippen LogP contribution in [0.4, 0.5) is 11.4 Å². The van der Waals surface area contributed by atoms with Gasteiger partial charge in [0.2, 0.25) is 11.9 Å². The Labute approximate surface area is 251 Å². The molecule has 2 aliphatic heterocycles. The van der Waals surface area contributed by atoms with E-state index in [9.17, 15) is 0 Å². The standard InChI is InChI=1S/C37H32N4O2/c1-39-19-20-41(27-39)31-10-8-14-35(25-31)43-34-13-7-9-29(22-34)37-24-28(15-16-38-37)30-21-32(40-17-5-6-18-40)26-36(23-30)42-33-11-3-2-4-12-33/h2-4,7-16,19-26H,5-6,17-18H2,1H3/q+2. The molecular formula is C37H32N4O2+2. The number of ether oxygens (including phenoxy) is 2. The molecule has 43 heavy (non-hydrogen) atoms. The van der Waals surface area contributed by atoms with E-state index in [0.29, 0.717) is 0 Å². The van der Waals surface area contributed by atoms with Crippen LogP contribution in [0.3, 0.4) is 0 Å². The quantitative estimate of drug-likeness (QED) is 0.177. The van der Waals surface area contributed by atoms with Gasteiger partial charge in [-0.15, -0.1) is 0 Å². The summed E-state index contributed by atoms with van der Waals surface area (Å²) in [5.74, 6) is 3.15. The first kappa shape index (κ1) is 26.4. The molecule has 0 amide bonds. The lowest BCUT2D eigenvalue weighted by atomic mass is 10.0. The molecule has 0 unspecified atom stereocenters. The second-order valence-electron chi connectivity index (χ2n) is 10.8. The molecule has 0 N–H and O–H groups in total. The Kier molecular flexibility index (Phi) is 7.26. The molecule has 0 atom stereocenters. The normalized spacial score (nSPS) is 14.0. The molecule has 6 heteroatoms. The summed E-state index contributed by atoms with van der Waals surface area (Å²) >= 11 is 0. The first-order valence-electron chi connectivity index (χ1n) is 14.6. The molecule has 5 aromatic rings. The predicted molar refractivity (Wildman–Crippen MR) is 170 cm³/mol. The summed E-state index contributed by atoms with van der Waals surface area (Å²) < 4.78 is 16.4. The van der Waals surface area contributed by atoms with Crippen molar-refractivity contribution in [1.82, 2.24) is 4.98 Å². The first-order chi connectivity index (χ1) is 21.2. The lowest BCUT2D eigenvalue weighted by Crippen LogP contribution is -2.17. The van der Waals surface area contributed by atoms with E-state index in [-0.39, 0.29) is 0 Å². The van der Waals surface area contributed by atoms with Crippen molar-refractivity contribution < 1.29 is 18.6 Å². The number of nitrogens with zero attached hydrogens (tertiary/aromatic N) is 4. The zero-order valence-electron chi connectivity index (χ0n) is 24.1. The summed E-state index contributed by atoms with van der Waals surface area (Å²) in [6, 6.07) is 39.9. The summed E-state index contributed by atoms with van der Waals surface area (Å²) in [7, 11) is 1.95. The highest BCUT2D eigenvalue weighted by molar-refractivity contribution is 5.75. The number of hydrogen-bond donors (Lipinski definition) is 0. The summed E-state index contributed by atoms with van der Waals surface area (Å²) in [5, 5.41) is 0. The Morgan fingerprint density at radius 1 is 0.651 bits per heavy atom. The Balaban J connectivity index is 1.18. The zero-order valence-corrected chi connectivity index (χ0v) is 24.1. The van der Waals surface area contributed by atoms with Gasteiger partial charge >= 0.3 is 6.01 Å². The molecule has 0 saturated carbocycles. The van der Waals surface area contributed by atoms with Crippen LogP contribution in [0.15, 0.2) is 128 Å². The maximum absolute atomic E-state index is 6.30. The third kappa shape index (κ3) is 6.10. The van der Waals surface area contributed by atoms with Gasteiger partial charge < -0.3 is 14.4 Å². The number of rotatable bonds is 8. The summed E-state index contributed by atoms with van der Waals surface area (Å²) in [6.07, 6.45) is 8.22. The molecule has 1 fully saturated rings. The average molecular weight is 565 g/mol. The topological polar surface area (TPSA) is 40.6 Å². The van der Waals surface area contributed by atoms with Crippen molar-refractivity contribution in [2.75, 3.05) is 25.0 Å². The minimum Gasteiger partial charge on any atom is -0.457 e. The fourth-order valence-corrected chi connectivity index (χ4v) is 5.46. The summed E-state index contributed by atoms with van der Waals surface area (Å²) in [6.45, 7) is 2.13. The molecular weight excluding hydrogens is 532 g/mol. The van der Waals surface area contributed by atoms with Gasteiger partial charge in [0.15, 0.2) is 7.05 Å². The van der Waals surface area contributed by atoms with Crippen LogP contribution in [0.1, 0.15) is 12.8 Å². The van der Waals surface area contributed by atoms with Crippen molar-refractivity contribution in [2.24, 2.45) is 0 Å². The smallest absolute Gasteiger partial charge is 0.457 e. The maximum atomic E-state index is 6.30. The van der Waals surface area contributed by atoms with E-state index in [0.717, 1.165) is 64.2 Å². The van der Waals surface area contributed by atoms with E-state index in [2.05, 4.69) is 47.3 Å². The molecule has 1 saturated heterocycles. The minimum atomic E-state index is 0.749. The van der Waals surface area contributed by atoms with Gasteiger partial charge in [-0.1, -0.05) is 45.5 Å². The van der Waals surface area contributed by atoms with Crippen LogP contribution in [0.2, 0.25) is 0 Å². The number of anilines is 1. The second-order valence-corrected chi connectivity index (χ2v) is 10.8. The first-order valence-corrected chi connectivity index (χ1v) is 14.6. The monoisotopic (exact) mass is 564 g/mol. The van der Waals surface area contributed by atoms with Crippen molar-refractivity contribution in [3.8, 4) is 45.4 Å². The molecule has 0 spiro atoms. The number of pyridine rings is 1. The van der Waals surface area contributed by atoms with Crippen molar-refractivity contribution in [3.63, 3.8) is 0 Å². The van der Waals surface area contributed by atoms with Gasteiger partial charge in [-0.2, -0.15) is 0 Å². The fraction of sp³-hybridized carbons (Fsp3) is 0.135. The molecule has 0 bridgehead atoms. The molecule has 210 valence electrons. The molecule has 7 rings (SSSR count). The Bertz CT molecular complexity index is 1880. The Morgan fingerprint density at radius 2 is 1.40 bits per heavy atom. The predicted octanol–water partition coefficient (Wildman–Crippen LogP) is 8.55. The largest absolute Gasteiger partial charge is 0.495 e. The van der Waals surface area contributed by atoms with Crippen molar-refractivity contribution in [3.05, 3.63) is 128 Å². The van der Waals surface area contributed by atoms with Gasteiger partial charge in [0, 0.05) is 42.7 Å². The van der Waals surface area contributed by atoms with Crippen LogP contribution < -0.4 is 14.4 Å². The van der Waals surface area contributed by atoms with E-state index in [1.165, 1.54) is 18.5 Å². The van der Waals surface area contributed by atoms with Crippen molar-refractivity contribution >= 4 is 17.4 Å². The lowest BCUT2D eigenvalue weighted by molar-refractivity contribution is -0.429. The Morgan fingerprint density at radius 3 is 2.21 bits per heavy atom. The number of aromatic nitrogens is 1. The van der Waals surface area contributed by atoms with Crippen molar-refractivity contribution in [1.29, 1.82) is 0 Å². The SMILES string of the molecule is C[N+]1=C=[N+](c2cccc(Oc3cccc(-c4cc(-c5cc(Oc6ccccc6)cc(N6CCCC6)c5)ccn4)c3)c2)C=C1. The highest BCUT2D eigenvalue weighted by atomic mass is 16.5. The van der Waals surface area contributed by atoms with Gasteiger partial charge in [-0.05, 0) is 78.6 Å². The average Bonchev–Trinajstić information content (AvgIpc) is 3.75. The molecule has 0 aliphatic carbocycles. The van der Waals surface area contributed by atoms with E-state index in [1.807, 2.05) is 108 Å². The molecule has 1 aromatic heterocycles.